The standard InChI is InChI=1S/C30H38N2O9.C20H21NO6.C10H19NO4/c1-16(2)24(31-29(35)41-30(4,5)6)28(34)40-21-13-18(11-12-20(21)36-7)25-17(3)27(33)32(25)19-14-22(37-8)26(39-10)23(15-19)38-9;1-11-18(12-6-7-15(24-2)14(22)8-12)21(20(11)23)13-9-16(25-3)19(27-5)17(10-13)26-4;1-6(2)7(8(12)13)11-9(14)15-10(3,4)5/h11-16,24-25H,3H2,1-2,4-10H3,(H,31,35);6-10,18,22H,1H2,2-5H3;6-7H,1-5H3,(H,11,14)(H,12,13)/t24-,25+;18-;7-/m010/s1. The number of benzene rings is 4. The van der Waals surface area contributed by atoms with E-state index in [4.69, 9.17) is 57.2 Å². The third-order valence-electron chi connectivity index (χ3n) is 12.4. The van der Waals surface area contributed by atoms with Crippen molar-refractivity contribution in [1.29, 1.82) is 0 Å². The number of carboxylic acid groups (broad SMARTS) is 1. The van der Waals surface area contributed by atoms with Crippen molar-refractivity contribution in [3.05, 3.63) is 96.1 Å². The zero-order valence-electron chi connectivity index (χ0n) is 50.4. The maximum Gasteiger partial charge on any atom is 0.408 e. The van der Waals surface area contributed by atoms with Gasteiger partial charge in [-0.25, -0.2) is 19.2 Å². The van der Waals surface area contributed by atoms with Crippen LogP contribution in [0.5, 0.6) is 57.5 Å². The minimum Gasteiger partial charge on any atom is -0.504 e. The summed E-state index contributed by atoms with van der Waals surface area (Å²) in [6, 6.07) is 13.8. The normalized spacial score (nSPS) is 15.3. The van der Waals surface area contributed by atoms with E-state index < -0.39 is 59.5 Å². The largest absolute Gasteiger partial charge is 0.504 e. The number of aromatic hydroxyl groups is 1. The Kier molecular flexibility index (Phi) is 22.5. The molecule has 23 heteroatoms. The van der Waals surface area contributed by atoms with E-state index in [2.05, 4.69) is 23.8 Å². The minimum absolute atomic E-state index is 0.00742. The van der Waals surface area contributed by atoms with E-state index in [1.165, 1.54) is 61.8 Å². The fraction of sp³-hybridized carbons (Fsp3) is 0.433. The molecule has 0 aliphatic carbocycles. The molecular formula is C60H78N4O19. The SMILES string of the molecule is C=C1C(=O)N(c2cc(OC)c(OC)c(OC)c2)[C@H]1c1ccc(OC)c(O)c1.C=C1C(=O)N(c2cc(OC)c(OC)c(OC)c2)[C@H]1c1ccc(OC)c(OC(=O)[C@@H](NC(=O)OC(C)(C)C)C(C)C)c1.CC(C)[C@H](NC(=O)OC(C)(C)C)C(=O)O. The lowest BCUT2D eigenvalue weighted by atomic mass is 9.88. The summed E-state index contributed by atoms with van der Waals surface area (Å²) in [5.74, 6) is 0.463. The molecule has 452 valence electrons. The Morgan fingerprint density at radius 1 is 0.506 bits per heavy atom. The summed E-state index contributed by atoms with van der Waals surface area (Å²) in [6.45, 7) is 25.2. The highest BCUT2D eigenvalue weighted by molar-refractivity contribution is 6.16. The van der Waals surface area contributed by atoms with Crippen molar-refractivity contribution in [2.75, 3.05) is 66.7 Å². The van der Waals surface area contributed by atoms with Gasteiger partial charge >= 0.3 is 24.1 Å². The van der Waals surface area contributed by atoms with Crippen LogP contribution in [0.1, 0.15) is 92.4 Å². The van der Waals surface area contributed by atoms with Crippen molar-refractivity contribution in [3.63, 3.8) is 0 Å². The van der Waals surface area contributed by atoms with Gasteiger partial charge in [-0.2, -0.15) is 0 Å². The van der Waals surface area contributed by atoms with Gasteiger partial charge in [-0.05, 0) is 88.8 Å². The number of hydrogen-bond acceptors (Lipinski definition) is 18. The van der Waals surface area contributed by atoms with Crippen LogP contribution in [0.25, 0.3) is 0 Å². The molecule has 0 unspecified atom stereocenters. The van der Waals surface area contributed by atoms with Crippen molar-refractivity contribution < 1.29 is 91.1 Å². The third kappa shape index (κ3) is 16.1. The zero-order chi connectivity index (χ0) is 62.6. The molecular weight excluding hydrogens is 1080 g/mol. The first-order valence-corrected chi connectivity index (χ1v) is 26.0. The van der Waals surface area contributed by atoms with Crippen molar-refractivity contribution in [1.82, 2.24) is 10.6 Å². The first-order chi connectivity index (χ1) is 38.8. The summed E-state index contributed by atoms with van der Waals surface area (Å²) in [7, 11) is 11.9. The number of phenolic OH excluding ortho intramolecular Hbond substituents is 1. The van der Waals surface area contributed by atoms with E-state index in [1.807, 2.05) is 0 Å². The molecule has 0 radical (unpaired) electrons. The molecule has 0 saturated carbocycles. The van der Waals surface area contributed by atoms with Crippen LogP contribution in [0, 0.1) is 11.8 Å². The molecule has 2 saturated heterocycles. The molecule has 4 amide bonds. The van der Waals surface area contributed by atoms with Crippen LogP contribution in [0.15, 0.2) is 85.0 Å². The Balaban J connectivity index is 0.000000301. The molecule has 23 nitrogen and oxygen atoms in total. The van der Waals surface area contributed by atoms with Gasteiger partial charge in [0.05, 0.1) is 80.3 Å². The lowest BCUT2D eigenvalue weighted by Gasteiger charge is -2.42. The second kappa shape index (κ2) is 28.1. The van der Waals surface area contributed by atoms with Crippen molar-refractivity contribution in [2.24, 2.45) is 11.8 Å². The smallest absolute Gasteiger partial charge is 0.408 e. The van der Waals surface area contributed by atoms with E-state index >= 15 is 0 Å². The van der Waals surface area contributed by atoms with E-state index in [0.29, 0.717) is 73.9 Å². The van der Waals surface area contributed by atoms with Crippen LogP contribution < -0.4 is 63.1 Å². The maximum atomic E-state index is 13.2. The predicted octanol–water partition coefficient (Wildman–Crippen LogP) is 9.51. The summed E-state index contributed by atoms with van der Waals surface area (Å²) >= 11 is 0. The molecule has 2 fully saturated rings. The molecule has 0 bridgehead atoms. The van der Waals surface area contributed by atoms with Gasteiger partial charge in [0.1, 0.15) is 23.3 Å². The monoisotopic (exact) mass is 1160 g/mol. The lowest BCUT2D eigenvalue weighted by Crippen LogP contribution is -2.49. The molecule has 0 spiro atoms. The van der Waals surface area contributed by atoms with Gasteiger partial charge in [-0.1, -0.05) is 53.0 Å². The Morgan fingerprint density at radius 2 is 0.855 bits per heavy atom. The molecule has 83 heavy (non-hydrogen) atoms. The number of ether oxygens (including phenoxy) is 11. The van der Waals surface area contributed by atoms with Crippen molar-refractivity contribution in [3.8, 4) is 57.5 Å². The average molecular weight is 1160 g/mol. The number of nitrogens with one attached hydrogen (secondary N) is 2. The van der Waals surface area contributed by atoms with Crippen LogP contribution in [0.3, 0.4) is 0 Å². The lowest BCUT2D eigenvalue weighted by molar-refractivity contribution is -0.140. The highest BCUT2D eigenvalue weighted by atomic mass is 16.6. The molecule has 2 heterocycles. The van der Waals surface area contributed by atoms with Crippen LogP contribution in [0.2, 0.25) is 0 Å². The zero-order valence-corrected chi connectivity index (χ0v) is 50.4. The Hall–Kier alpha value is -9.02. The van der Waals surface area contributed by atoms with Crippen molar-refractivity contribution in [2.45, 2.75) is 105 Å². The summed E-state index contributed by atoms with van der Waals surface area (Å²) in [6.07, 6.45) is -1.44. The number of amides is 4. The Labute approximate surface area is 484 Å². The van der Waals surface area contributed by atoms with Gasteiger partial charge < -0.3 is 73.0 Å². The Bertz CT molecular complexity index is 3000. The molecule has 4 atom stereocenters. The maximum absolute atomic E-state index is 13.2. The average Bonchev–Trinajstić information content (AvgIpc) is 2.83. The van der Waals surface area contributed by atoms with E-state index in [0.717, 1.165) is 0 Å². The first-order valence-electron chi connectivity index (χ1n) is 26.0. The highest BCUT2D eigenvalue weighted by Crippen LogP contribution is 2.50. The summed E-state index contributed by atoms with van der Waals surface area (Å²) < 4.78 is 58.9. The summed E-state index contributed by atoms with van der Waals surface area (Å²) in [4.78, 5) is 76.3. The number of nitrogens with zero attached hydrogens (tertiary/aromatic N) is 2. The fourth-order valence-electron chi connectivity index (χ4n) is 8.48. The number of carbonyl (C=O) groups is 6. The quantitative estimate of drug-likeness (QED) is 0.0294. The van der Waals surface area contributed by atoms with Gasteiger partial charge in [0.25, 0.3) is 11.8 Å². The summed E-state index contributed by atoms with van der Waals surface area (Å²) in [5, 5.41) is 23.8. The number of carbonyl (C=O) groups excluding carboxylic acids is 5. The van der Waals surface area contributed by atoms with Gasteiger partial charge in [0, 0.05) is 35.4 Å². The number of β-lactam (4-membered cyclic amide) rings is 2. The second-order valence-electron chi connectivity index (χ2n) is 21.3. The van der Waals surface area contributed by atoms with Crippen LogP contribution >= 0.6 is 0 Å². The van der Waals surface area contributed by atoms with E-state index in [1.54, 1.807) is 135 Å². The minimum atomic E-state index is -1.06. The molecule has 0 aromatic heterocycles. The number of phenols is 1. The number of rotatable bonds is 19. The van der Waals surface area contributed by atoms with Gasteiger partial charge in [-0.3, -0.25) is 19.4 Å². The number of methoxy groups -OCH3 is 8. The number of anilines is 2. The molecule has 2 aliphatic rings. The second-order valence-corrected chi connectivity index (χ2v) is 21.3. The number of carboxylic acids is 1. The summed E-state index contributed by atoms with van der Waals surface area (Å²) in [5.41, 5.74) is 1.81. The number of aliphatic carboxylic acids is 1. The van der Waals surface area contributed by atoms with Crippen LogP contribution in [0.4, 0.5) is 21.0 Å². The van der Waals surface area contributed by atoms with Gasteiger partial charge in [0.15, 0.2) is 46.0 Å². The van der Waals surface area contributed by atoms with Gasteiger partial charge in [-0.15, -0.1) is 0 Å². The molecule has 4 aromatic carbocycles. The van der Waals surface area contributed by atoms with Crippen LogP contribution in [-0.4, -0.2) is 126 Å². The molecule has 2 aliphatic heterocycles. The van der Waals surface area contributed by atoms with Crippen molar-refractivity contribution >= 4 is 47.3 Å². The number of alkyl carbamates (subject to hydrolysis) is 2. The predicted molar refractivity (Wildman–Crippen MR) is 308 cm³/mol. The topological polar surface area (TPSA) is 275 Å². The highest BCUT2D eigenvalue weighted by Gasteiger charge is 2.45. The van der Waals surface area contributed by atoms with E-state index in [-0.39, 0.29) is 40.9 Å². The number of hydrogen-bond donors (Lipinski definition) is 4. The number of esters is 1. The molecule has 4 N–H and O–H groups in total. The van der Waals surface area contributed by atoms with E-state index in [9.17, 15) is 33.9 Å². The Morgan fingerprint density at radius 3 is 1.17 bits per heavy atom. The van der Waals surface area contributed by atoms with Gasteiger partial charge in [0.2, 0.25) is 11.5 Å². The first kappa shape index (κ1) is 66.5. The third-order valence-corrected chi connectivity index (χ3v) is 12.4. The fourth-order valence-corrected chi connectivity index (χ4v) is 8.48. The van der Waals surface area contributed by atoms with Crippen LogP contribution in [-0.2, 0) is 28.7 Å². The molecule has 6 rings (SSSR count). The molecule has 4 aromatic rings.